The van der Waals surface area contributed by atoms with E-state index < -0.39 is 9.84 Å². The lowest BCUT2D eigenvalue weighted by Gasteiger charge is -2.36. The Hall–Kier alpha value is -2.55. The Morgan fingerprint density at radius 1 is 1.10 bits per heavy atom. The van der Waals surface area contributed by atoms with Crippen LogP contribution < -0.4 is 10.2 Å². The van der Waals surface area contributed by atoms with E-state index in [1.165, 1.54) is 0 Å². The molecule has 2 aliphatic rings. The van der Waals surface area contributed by atoms with E-state index in [1.807, 2.05) is 53.8 Å². The maximum Gasteiger partial charge on any atom is 0.321 e. The topological polar surface area (TPSA) is 87.5 Å². The van der Waals surface area contributed by atoms with Crippen LogP contribution >= 0.6 is 0 Å². The lowest BCUT2D eigenvalue weighted by molar-refractivity contribution is 0.208. The summed E-state index contributed by atoms with van der Waals surface area (Å²) >= 11 is 0. The molecule has 8 nitrogen and oxygen atoms in total. The molecule has 2 fully saturated rings. The molecule has 2 aliphatic heterocycles. The molecular weight excluding hydrogens is 390 g/mol. The van der Waals surface area contributed by atoms with Crippen molar-refractivity contribution in [2.45, 2.75) is 26.3 Å². The summed E-state index contributed by atoms with van der Waals surface area (Å²) in [5.41, 5.74) is 3.78. The zero-order valence-corrected chi connectivity index (χ0v) is 17.7. The minimum atomic E-state index is -2.96. The average Bonchev–Trinajstić information content (AvgIpc) is 3.21. The maximum absolute atomic E-state index is 12.5. The van der Waals surface area contributed by atoms with Gasteiger partial charge in [-0.3, -0.25) is 4.68 Å². The zero-order valence-electron chi connectivity index (χ0n) is 16.8. The largest absolute Gasteiger partial charge is 0.365 e. The van der Waals surface area contributed by atoms with Crippen molar-refractivity contribution in [1.29, 1.82) is 0 Å². The highest BCUT2D eigenvalue weighted by atomic mass is 32.2. The minimum absolute atomic E-state index is 0.0783. The van der Waals surface area contributed by atoms with Gasteiger partial charge in [0.2, 0.25) is 0 Å². The molecule has 1 aromatic heterocycles. The number of hydrogen-bond donors (Lipinski definition) is 1. The summed E-state index contributed by atoms with van der Waals surface area (Å²) in [7, 11) is -2.96. The highest BCUT2D eigenvalue weighted by Gasteiger charge is 2.33. The quantitative estimate of drug-likeness (QED) is 0.827. The molecule has 9 heteroatoms. The third-order valence-electron chi connectivity index (χ3n) is 5.75. The summed E-state index contributed by atoms with van der Waals surface area (Å²) < 4.78 is 25.6. The number of carbonyl (C=O) groups is 1. The first kappa shape index (κ1) is 19.8. The second-order valence-electron chi connectivity index (χ2n) is 7.79. The zero-order chi connectivity index (χ0) is 20.6. The number of para-hydroxylation sites is 1. The minimum Gasteiger partial charge on any atom is -0.365 e. The van der Waals surface area contributed by atoms with E-state index in [-0.39, 0.29) is 23.6 Å². The predicted molar refractivity (Wildman–Crippen MR) is 113 cm³/mol. The molecular formula is C20H27N5O3S. The first-order valence-electron chi connectivity index (χ1n) is 9.96. The van der Waals surface area contributed by atoms with E-state index in [0.717, 1.165) is 35.9 Å². The molecule has 2 saturated heterocycles. The van der Waals surface area contributed by atoms with Crippen molar-refractivity contribution in [1.82, 2.24) is 14.7 Å². The van der Waals surface area contributed by atoms with Crippen LogP contribution in [0.4, 0.5) is 16.2 Å². The molecule has 29 heavy (non-hydrogen) atoms. The van der Waals surface area contributed by atoms with Crippen molar-refractivity contribution < 1.29 is 13.2 Å². The number of hydrogen-bond acceptors (Lipinski definition) is 5. The van der Waals surface area contributed by atoms with Crippen LogP contribution in [0.2, 0.25) is 0 Å². The second-order valence-corrected chi connectivity index (χ2v) is 10.0. The first-order valence-corrected chi connectivity index (χ1v) is 11.8. The fraction of sp³-hybridized carbons (Fsp3) is 0.500. The molecule has 156 valence electrons. The van der Waals surface area contributed by atoms with Crippen molar-refractivity contribution in [3.05, 3.63) is 41.7 Å². The summed E-state index contributed by atoms with van der Waals surface area (Å²) in [5.74, 6) is 0.405. The fourth-order valence-corrected chi connectivity index (χ4v) is 5.98. The first-order chi connectivity index (χ1) is 13.8. The van der Waals surface area contributed by atoms with Gasteiger partial charge in [0.1, 0.15) is 0 Å². The van der Waals surface area contributed by atoms with Crippen molar-refractivity contribution in [2.75, 3.05) is 47.9 Å². The molecule has 4 rings (SSSR count). The van der Waals surface area contributed by atoms with E-state index in [1.54, 1.807) is 0 Å². The number of urea groups is 1. The average molecular weight is 418 g/mol. The Morgan fingerprint density at radius 2 is 1.79 bits per heavy atom. The van der Waals surface area contributed by atoms with Crippen LogP contribution in [0.1, 0.15) is 23.9 Å². The molecule has 1 aromatic carbocycles. The second kappa shape index (κ2) is 7.70. The van der Waals surface area contributed by atoms with Gasteiger partial charge in [0.15, 0.2) is 9.84 Å². The number of rotatable bonds is 3. The summed E-state index contributed by atoms with van der Waals surface area (Å²) in [5, 5.41) is 7.59. The third-order valence-corrected chi connectivity index (χ3v) is 7.50. The summed E-state index contributed by atoms with van der Waals surface area (Å²) in [6, 6.07) is 9.29. The van der Waals surface area contributed by atoms with Gasteiger partial charge in [-0.05, 0) is 32.4 Å². The Bertz CT molecular complexity index is 995. The summed E-state index contributed by atoms with van der Waals surface area (Å²) in [4.78, 5) is 16.6. The van der Waals surface area contributed by atoms with E-state index in [9.17, 15) is 13.2 Å². The number of piperazine rings is 1. The van der Waals surface area contributed by atoms with E-state index in [4.69, 9.17) is 0 Å². The Balaban J connectivity index is 1.42. The third kappa shape index (κ3) is 4.10. The van der Waals surface area contributed by atoms with Crippen LogP contribution in [0.3, 0.4) is 0 Å². The fourth-order valence-electron chi connectivity index (χ4n) is 4.29. The summed E-state index contributed by atoms with van der Waals surface area (Å²) in [6.07, 6.45) is 0.622. The molecule has 3 heterocycles. The van der Waals surface area contributed by atoms with Gasteiger partial charge in [0.25, 0.3) is 0 Å². The lowest BCUT2D eigenvalue weighted by atomic mass is 10.2. The molecule has 1 atom stereocenters. The predicted octanol–water partition coefficient (Wildman–Crippen LogP) is 2.21. The number of nitrogens with zero attached hydrogens (tertiary/aromatic N) is 4. The molecule has 0 spiro atoms. The Morgan fingerprint density at radius 3 is 2.41 bits per heavy atom. The number of aryl methyl sites for hydroxylation is 1. The molecule has 0 bridgehead atoms. The van der Waals surface area contributed by atoms with Gasteiger partial charge >= 0.3 is 6.03 Å². The Kier molecular flexibility index (Phi) is 5.24. The maximum atomic E-state index is 12.5. The van der Waals surface area contributed by atoms with Crippen LogP contribution in [-0.4, -0.2) is 66.8 Å². The number of aromatic nitrogens is 2. The molecule has 0 aliphatic carbocycles. The SMILES string of the molecule is Cc1nn(C2CCS(=O)(=O)C2)c(C)c1N1CCN(C(=O)Nc2ccccc2)CC1. The number of benzene rings is 1. The van der Waals surface area contributed by atoms with Gasteiger partial charge in [0.05, 0.1) is 34.6 Å². The molecule has 0 radical (unpaired) electrons. The standard InChI is InChI=1S/C20H27N5O3S/c1-15-19(16(2)25(22-15)18-8-13-29(27,28)14-18)23-9-11-24(12-10-23)20(26)21-17-6-4-3-5-7-17/h3-7,18H,8-14H2,1-2H3,(H,21,26). The number of sulfone groups is 1. The van der Waals surface area contributed by atoms with E-state index in [2.05, 4.69) is 15.3 Å². The van der Waals surface area contributed by atoms with Gasteiger partial charge in [-0.1, -0.05) is 18.2 Å². The van der Waals surface area contributed by atoms with Gasteiger partial charge < -0.3 is 15.1 Å². The van der Waals surface area contributed by atoms with E-state index in [0.29, 0.717) is 19.5 Å². The number of amides is 2. The smallest absolute Gasteiger partial charge is 0.321 e. The van der Waals surface area contributed by atoms with Crippen LogP contribution in [-0.2, 0) is 9.84 Å². The number of carbonyl (C=O) groups excluding carboxylic acids is 1. The number of anilines is 2. The van der Waals surface area contributed by atoms with Crippen molar-refractivity contribution in [3.8, 4) is 0 Å². The van der Waals surface area contributed by atoms with Crippen LogP contribution in [0.15, 0.2) is 30.3 Å². The summed E-state index contributed by atoms with van der Waals surface area (Å²) in [6.45, 7) is 6.67. The molecule has 1 N–H and O–H groups in total. The van der Waals surface area contributed by atoms with Crippen LogP contribution in [0.5, 0.6) is 0 Å². The number of nitrogens with one attached hydrogen (secondary N) is 1. The molecule has 2 amide bonds. The van der Waals surface area contributed by atoms with Crippen molar-refractivity contribution >= 4 is 27.2 Å². The van der Waals surface area contributed by atoms with Crippen molar-refractivity contribution in [2.24, 2.45) is 0 Å². The van der Waals surface area contributed by atoms with E-state index >= 15 is 0 Å². The van der Waals surface area contributed by atoms with Gasteiger partial charge in [0, 0.05) is 31.9 Å². The van der Waals surface area contributed by atoms with Gasteiger partial charge in [-0.15, -0.1) is 0 Å². The highest BCUT2D eigenvalue weighted by Crippen LogP contribution is 2.31. The highest BCUT2D eigenvalue weighted by molar-refractivity contribution is 7.91. The van der Waals surface area contributed by atoms with Crippen LogP contribution in [0.25, 0.3) is 0 Å². The van der Waals surface area contributed by atoms with Gasteiger partial charge in [-0.2, -0.15) is 5.10 Å². The monoisotopic (exact) mass is 417 g/mol. The molecule has 0 saturated carbocycles. The molecule has 2 aromatic rings. The van der Waals surface area contributed by atoms with Crippen molar-refractivity contribution in [3.63, 3.8) is 0 Å². The van der Waals surface area contributed by atoms with Crippen LogP contribution in [0, 0.1) is 13.8 Å². The molecule has 1 unspecified atom stereocenters. The normalized spacial score (nSPS) is 21.4. The van der Waals surface area contributed by atoms with Gasteiger partial charge in [-0.25, -0.2) is 13.2 Å². The Labute approximate surface area is 171 Å². The lowest BCUT2D eigenvalue weighted by Crippen LogP contribution is -2.50.